The highest BCUT2D eigenvalue weighted by Gasteiger charge is 2.05. The van der Waals surface area contributed by atoms with Crippen molar-refractivity contribution < 1.29 is 4.42 Å². The minimum atomic E-state index is 0.472. The number of hydrogen-bond donors (Lipinski definition) is 1. The van der Waals surface area contributed by atoms with E-state index in [9.17, 15) is 0 Å². The Morgan fingerprint density at radius 1 is 1.38 bits per heavy atom. The largest absolute Gasteiger partial charge is 0.465 e. The predicted molar refractivity (Wildman–Crippen MR) is 67.8 cm³/mol. The molecule has 1 unspecified atom stereocenters. The molecular formula is C13H17NOS. The zero-order valence-electron chi connectivity index (χ0n) is 9.69. The molecule has 1 N–H and O–H groups in total. The first-order chi connectivity index (χ1) is 7.74. The van der Waals surface area contributed by atoms with Crippen molar-refractivity contribution in [3.8, 4) is 0 Å². The first kappa shape index (κ1) is 11.4. The summed E-state index contributed by atoms with van der Waals surface area (Å²) in [4.78, 5) is 0. The van der Waals surface area contributed by atoms with E-state index in [1.807, 2.05) is 19.1 Å². The maximum Gasteiger partial charge on any atom is 0.117 e. The summed E-state index contributed by atoms with van der Waals surface area (Å²) in [7, 11) is 0. The van der Waals surface area contributed by atoms with Crippen molar-refractivity contribution >= 4 is 11.3 Å². The minimum absolute atomic E-state index is 0.472. The first-order valence-electron chi connectivity index (χ1n) is 5.54. The van der Waals surface area contributed by atoms with Crippen molar-refractivity contribution in [2.45, 2.75) is 32.9 Å². The second-order valence-electron chi connectivity index (χ2n) is 4.13. The molecular weight excluding hydrogens is 218 g/mol. The molecule has 0 spiro atoms. The van der Waals surface area contributed by atoms with E-state index in [4.69, 9.17) is 4.42 Å². The van der Waals surface area contributed by atoms with Crippen LogP contribution in [0.2, 0.25) is 0 Å². The lowest BCUT2D eigenvalue weighted by Crippen LogP contribution is -2.27. The van der Waals surface area contributed by atoms with Crippen LogP contribution in [0.5, 0.6) is 0 Å². The molecule has 2 rings (SSSR count). The van der Waals surface area contributed by atoms with Gasteiger partial charge in [0, 0.05) is 6.04 Å². The van der Waals surface area contributed by atoms with Gasteiger partial charge in [0.2, 0.25) is 0 Å². The predicted octanol–water partition coefficient (Wildman–Crippen LogP) is 3.37. The molecule has 2 nitrogen and oxygen atoms in total. The van der Waals surface area contributed by atoms with Gasteiger partial charge in [0.1, 0.15) is 11.5 Å². The second kappa shape index (κ2) is 5.32. The van der Waals surface area contributed by atoms with Crippen LogP contribution in [0.25, 0.3) is 0 Å². The Hall–Kier alpha value is -1.06. The molecule has 0 bridgehead atoms. The molecule has 0 radical (unpaired) electrons. The Morgan fingerprint density at radius 3 is 2.88 bits per heavy atom. The van der Waals surface area contributed by atoms with Gasteiger partial charge in [0.25, 0.3) is 0 Å². The summed E-state index contributed by atoms with van der Waals surface area (Å²) in [5.74, 6) is 1.98. The van der Waals surface area contributed by atoms with E-state index < -0.39 is 0 Å². The van der Waals surface area contributed by atoms with Crippen molar-refractivity contribution in [1.29, 1.82) is 0 Å². The fraction of sp³-hybridized carbons (Fsp3) is 0.385. The molecule has 0 aliphatic rings. The van der Waals surface area contributed by atoms with E-state index in [0.717, 1.165) is 24.5 Å². The van der Waals surface area contributed by atoms with E-state index >= 15 is 0 Å². The summed E-state index contributed by atoms with van der Waals surface area (Å²) >= 11 is 1.75. The topological polar surface area (TPSA) is 25.2 Å². The fourth-order valence-corrected chi connectivity index (χ4v) is 2.37. The van der Waals surface area contributed by atoms with Crippen LogP contribution in [0.1, 0.15) is 24.0 Å². The van der Waals surface area contributed by atoms with Gasteiger partial charge in [-0.3, -0.25) is 0 Å². The fourth-order valence-electron chi connectivity index (χ4n) is 1.69. The molecule has 0 aliphatic heterocycles. The van der Waals surface area contributed by atoms with E-state index in [0.29, 0.717) is 6.04 Å². The Bertz CT molecular complexity index is 419. The number of furan rings is 1. The van der Waals surface area contributed by atoms with Crippen LogP contribution >= 0.6 is 11.3 Å². The van der Waals surface area contributed by atoms with Gasteiger partial charge in [0.05, 0.1) is 6.54 Å². The maximum absolute atomic E-state index is 5.51. The highest BCUT2D eigenvalue weighted by Crippen LogP contribution is 2.10. The molecule has 0 amide bonds. The third-order valence-corrected chi connectivity index (χ3v) is 3.27. The van der Waals surface area contributed by atoms with Crippen LogP contribution < -0.4 is 5.32 Å². The molecule has 2 aromatic rings. The van der Waals surface area contributed by atoms with Gasteiger partial charge in [-0.05, 0) is 54.8 Å². The normalized spacial score (nSPS) is 12.9. The number of aryl methyl sites for hydroxylation is 1. The monoisotopic (exact) mass is 235 g/mol. The van der Waals surface area contributed by atoms with Crippen molar-refractivity contribution in [2.24, 2.45) is 0 Å². The zero-order valence-corrected chi connectivity index (χ0v) is 10.5. The summed E-state index contributed by atoms with van der Waals surface area (Å²) in [5.41, 5.74) is 1.40. The third-order valence-electron chi connectivity index (χ3n) is 2.54. The van der Waals surface area contributed by atoms with Gasteiger partial charge in [-0.25, -0.2) is 0 Å². The van der Waals surface area contributed by atoms with Crippen LogP contribution in [0, 0.1) is 6.92 Å². The molecule has 86 valence electrons. The minimum Gasteiger partial charge on any atom is -0.465 e. The summed E-state index contributed by atoms with van der Waals surface area (Å²) < 4.78 is 5.51. The van der Waals surface area contributed by atoms with Gasteiger partial charge in [-0.1, -0.05) is 0 Å². The third kappa shape index (κ3) is 3.22. The van der Waals surface area contributed by atoms with Gasteiger partial charge >= 0.3 is 0 Å². The van der Waals surface area contributed by atoms with E-state index in [1.165, 1.54) is 5.56 Å². The quantitative estimate of drug-likeness (QED) is 0.859. The molecule has 0 aliphatic carbocycles. The lowest BCUT2D eigenvalue weighted by molar-refractivity contribution is 0.439. The standard InChI is InChI=1S/C13H17NOS/c1-10(7-12-5-6-16-9-12)14-8-13-4-3-11(2)15-13/h3-6,9-10,14H,7-8H2,1-2H3. The Kier molecular flexibility index (Phi) is 3.80. The van der Waals surface area contributed by atoms with E-state index in [1.54, 1.807) is 11.3 Å². The number of thiophene rings is 1. The average Bonchev–Trinajstić information content (AvgIpc) is 2.87. The van der Waals surface area contributed by atoms with Crippen LogP contribution in [-0.4, -0.2) is 6.04 Å². The average molecular weight is 235 g/mol. The Balaban J connectivity index is 1.77. The molecule has 2 aromatic heterocycles. The number of rotatable bonds is 5. The lowest BCUT2D eigenvalue weighted by atomic mass is 10.1. The van der Waals surface area contributed by atoms with Crippen LogP contribution in [0.4, 0.5) is 0 Å². The van der Waals surface area contributed by atoms with Gasteiger partial charge in [-0.2, -0.15) is 11.3 Å². The van der Waals surface area contributed by atoms with Crippen molar-refractivity contribution in [2.75, 3.05) is 0 Å². The Labute approximate surface area is 100 Å². The summed E-state index contributed by atoms with van der Waals surface area (Å²) in [6.45, 7) is 4.98. The van der Waals surface area contributed by atoms with Gasteiger partial charge in [0.15, 0.2) is 0 Å². The molecule has 0 fully saturated rings. The van der Waals surface area contributed by atoms with E-state index in [2.05, 4.69) is 29.1 Å². The molecule has 3 heteroatoms. The molecule has 2 heterocycles. The molecule has 1 atom stereocenters. The highest BCUT2D eigenvalue weighted by molar-refractivity contribution is 7.07. The van der Waals surface area contributed by atoms with E-state index in [-0.39, 0.29) is 0 Å². The van der Waals surface area contributed by atoms with Gasteiger partial charge in [-0.15, -0.1) is 0 Å². The zero-order chi connectivity index (χ0) is 11.4. The van der Waals surface area contributed by atoms with Crippen LogP contribution in [-0.2, 0) is 13.0 Å². The summed E-state index contributed by atoms with van der Waals surface area (Å²) in [6.07, 6.45) is 1.07. The highest BCUT2D eigenvalue weighted by atomic mass is 32.1. The summed E-state index contributed by atoms with van der Waals surface area (Å²) in [5, 5.41) is 7.79. The summed E-state index contributed by atoms with van der Waals surface area (Å²) in [6, 6.07) is 6.68. The number of nitrogens with one attached hydrogen (secondary N) is 1. The van der Waals surface area contributed by atoms with Crippen molar-refractivity contribution in [3.63, 3.8) is 0 Å². The number of hydrogen-bond acceptors (Lipinski definition) is 3. The first-order valence-corrected chi connectivity index (χ1v) is 6.48. The van der Waals surface area contributed by atoms with Crippen LogP contribution in [0.15, 0.2) is 33.4 Å². The smallest absolute Gasteiger partial charge is 0.117 e. The SMILES string of the molecule is Cc1ccc(CNC(C)Cc2ccsc2)o1. The van der Waals surface area contributed by atoms with Crippen LogP contribution in [0.3, 0.4) is 0 Å². The second-order valence-corrected chi connectivity index (χ2v) is 4.91. The van der Waals surface area contributed by atoms with Gasteiger partial charge < -0.3 is 9.73 Å². The molecule has 0 saturated heterocycles. The Morgan fingerprint density at radius 2 is 2.25 bits per heavy atom. The van der Waals surface area contributed by atoms with Crippen molar-refractivity contribution in [1.82, 2.24) is 5.32 Å². The van der Waals surface area contributed by atoms with Crippen molar-refractivity contribution in [3.05, 3.63) is 46.0 Å². The molecule has 16 heavy (non-hydrogen) atoms. The lowest BCUT2D eigenvalue weighted by Gasteiger charge is -2.11. The molecule has 0 aromatic carbocycles. The molecule has 0 saturated carbocycles. The maximum atomic E-state index is 5.51.